The second-order valence-corrected chi connectivity index (χ2v) is 5.47. The minimum absolute atomic E-state index is 0.131. The van der Waals surface area contributed by atoms with E-state index in [4.69, 9.17) is 5.73 Å². The lowest BCUT2D eigenvalue weighted by atomic mass is 10.1. The molecule has 4 N–H and O–H groups in total. The summed E-state index contributed by atoms with van der Waals surface area (Å²) in [7, 11) is 0. The monoisotopic (exact) mass is 306 g/mol. The van der Waals surface area contributed by atoms with Crippen molar-refractivity contribution in [3.63, 3.8) is 0 Å². The largest absolute Gasteiger partial charge is 0.399 e. The van der Waals surface area contributed by atoms with E-state index < -0.39 is 5.69 Å². The van der Waals surface area contributed by atoms with Crippen LogP contribution in [0.1, 0.15) is 10.4 Å². The summed E-state index contributed by atoms with van der Waals surface area (Å²) >= 11 is 0. The number of carbonyl (C=O) groups is 1. The Bertz CT molecular complexity index is 1100. The van der Waals surface area contributed by atoms with Crippen molar-refractivity contribution < 1.29 is 4.79 Å². The molecular weight excluding hydrogens is 292 g/mol. The zero-order valence-corrected chi connectivity index (χ0v) is 12.2. The van der Waals surface area contributed by atoms with Crippen LogP contribution >= 0.6 is 0 Å². The van der Waals surface area contributed by atoms with Gasteiger partial charge in [-0.25, -0.2) is 9.36 Å². The average molecular weight is 306 g/mol. The first-order valence-electron chi connectivity index (χ1n) is 7.22. The third-order valence-electron chi connectivity index (χ3n) is 3.97. The van der Waals surface area contributed by atoms with Crippen LogP contribution in [-0.4, -0.2) is 20.4 Å². The van der Waals surface area contributed by atoms with Gasteiger partial charge >= 0.3 is 5.69 Å². The van der Waals surface area contributed by atoms with Gasteiger partial charge in [0, 0.05) is 22.8 Å². The van der Waals surface area contributed by atoms with Gasteiger partial charge in [0.15, 0.2) is 0 Å². The van der Waals surface area contributed by atoms with Crippen LogP contribution in [0.25, 0.3) is 21.9 Å². The molecule has 114 valence electrons. The van der Waals surface area contributed by atoms with E-state index in [0.717, 1.165) is 21.0 Å². The van der Waals surface area contributed by atoms with Crippen molar-refractivity contribution in [2.24, 2.45) is 0 Å². The summed E-state index contributed by atoms with van der Waals surface area (Å²) in [4.78, 5) is 30.6. The molecule has 4 aromatic rings. The third-order valence-corrected chi connectivity index (χ3v) is 3.97. The molecule has 0 saturated carbocycles. The van der Waals surface area contributed by atoms with Crippen LogP contribution in [0.2, 0.25) is 0 Å². The highest BCUT2D eigenvalue weighted by Crippen LogP contribution is 2.20. The van der Waals surface area contributed by atoms with Gasteiger partial charge in [-0.2, -0.15) is 0 Å². The number of nitrogens with two attached hydrogens (primary N) is 1. The maximum Gasteiger partial charge on any atom is 0.333 e. The van der Waals surface area contributed by atoms with Crippen LogP contribution in [-0.2, 0) is 6.42 Å². The van der Waals surface area contributed by atoms with Crippen molar-refractivity contribution >= 4 is 33.5 Å². The van der Waals surface area contributed by atoms with Crippen LogP contribution in [0.3, 0.4) is 0 Å². The van der Waals surface area contributed by atoms with E-state index in [1.807, 2.05) is 24.3 Å². The molecular formula is C17H14N4O2. The smallest absolute Gasteiger partial charge is 0.333 e. The molecule has 2 aromatic heterocycles. The molecule has 6 nitrogen and oxygen atoms in total. The van der Waals surface area contributed by atoms with Gasteiger partial charge in [0.05, 0.1) is 17.5 Å². The lowest BCUT2D eigenvalue weighted by molar-refractivity contribution is 0.0915. The number of aromatic nitrogens is 3. The van der Waals surface area contributed by atoms with Gasteiger partial charge in [-0.3, -0.25) is 4.79 Å². The van der Waals surface area contributed by atoms with E-state index in [1.165, 1.54) is 0 Å². The Kier molecular flexibility index (Phi) is 2.84. The van der Waals surface area contributed by atoms with Gasteiger partial charge < -0.3 is 15.7 Å². The maximum absolute atomic E-state index is 12.7. The van der Waals surface area contributed by atoms with Gasteiger partial charge in [0.1, 0.15) is 0 Å². The third kappa shape index (κ3) is 2.12. The predicted octanol–water partition coefficient (Wildman–Crippen LogP) is 2.28. The van der Waals surface area contributed by atoms with Crippen molar-refractivity contribution in [3.8, 4) is 0 Å². The SMILES string of the molecule is Nc1ccc2[nH]c(=O)n(C(=O)Cc3c[nH]c4ccccc34)c2c1. The van der Waals surface area contributed by atoms with E-state index in [2.05, 4.69) is 9.97 Å². The molecule has 0 atom stereocenters. The van der Waals surface area contributed by atoms with Crippen LogP contribution in [0.5, 0.6) is 0 Å². The van der Waals surface area contributed by atoms with Gasteiger partial charge in [0.25, 0.3) is 0 Å². The number of anilines is 1. The number of imidazole rings is 1. The number of rotatable bonds is 2. The number of nitrogen functional groups attached to an aromatic ring is 1. The molecule has 0 radical (unpaired) electrons. The zero-order chi connectivity index (χ0) is 16.0. The van der Waals surface area contributed by atoms with Crippen LogP contribution in [0.4, 0.5) is 5.69 Å². The van der Waals surface area contributed by atoms with Crippen LogP contribution < -0.4 is 11.4 Å². The van der Waals surface area contributed by atoms with Gasteiger partial charge in [0.2, 0.25) is 5.91 Å². The molecule has 4 rings (SSSR count). The predicted molar refractivity (Wildman–Crippen MR) is 89.6 cm³/mol. The fraction of sp³-hybridized carbons (Fsp3) is 0.0588. The summed E-state index contributed by atoms with van der Waals surface area (Å²) < 4.78 is 1.15. The highest BCUT2D eigenvalue weighted by atomic mass is 16.2. The average Bonchev–Trinajstić information content (AvgIpc) is 3.08. The Morgan fingerprint density at radius 1 is 1.13 bits per heavy atom. The summed E-state index contributed by atoms with van der Waals surface area (Å²) in [5, 5.41) is 0.980. The maximum atomic E-state index is 12.7. The molecule has 0 saturated heterocycles. The second kappa shape index (κ2) is 4.88. The minimum atomic E-state index is -0.449. The molecule has 0 amide bonds. The Morgan fingerprint density at radius 3 is 2.83 bits per heavy atom. The molecule has 2 heterocycles. The number of fused-ring (bicyclic) bond motifs is 2. The summed E-state index contributed by atoms with van der Waals surface area (Å²) in [5.41, 5.74) is 8.74. The van der Waals surface area contributed by atoms with Crippen molar-refractivity contribution in [3.05, 3.63) is 64.7 Å². The first-order chi connectivity index (χ1) is 11.1. The Labute approximate surface area is 130 Å². The summed E-state index contributed by atoms with van der Waals surface area (Å²) in [6, 6.07) is 12.8. The number of H-pyrrole nitrogens is 2. The Hall–Kier alpha value is -3.28. The Morgan fingerprint density at radius 2 is 1.96 bits per heavy atom. The number of hydrogen-bond donors (Lipinski definition) is 3. The lowest BCUT2D eigenvalue weighted by Gasteiger charge is -2.02. The van der Waals surface area contributed by atoms with E-state index in [0.29, 0.717) is 16.7 Å². The standard InChI is InChI=1S/C17H14N4O2/c18-11-5-6-14-15(8-11)21(17(23)20-14)16(22)7-10-9-19-13-4-2-1-3-12(10)13/h1-6,8-9,19H,7,18H2,(H,20,23). The number of aromatic amines is 2. The highest BCUT2D eigenvalue weighted by molar-refractivity contribution is 5.95. The quantitative estimate of drug-likeness (QED) is 0.496. The first-order valence-corrected chi connectivity index (χ1v) is 7.22. The Balaban J connectivity index is 1.79. The molecule has 6 heteroatoms. The molecule has 23 heavy (non-hydrogen) atoms. The molecule has 0 fully saturated rings. The molecule has 0 aliphatic rings. The van der Waals surface area contributed by atoms with E-state index in [-0.39, 0.29) is 12.3 Å². The van der Waals surface area contributed by atoms with E-state index in [9.17, 15) is 9.59 Å². The van der Waals surface area contributed by atoms with Crippen molar-refractivity contribution in [2.45, 2.75) is 6.42 Å². The fourth-order valence-electron chi connectivity index (χ4n) is 2.89. The minimum Gasteiger partial charge on any atom is -0.399 e. The second-order valence-electron chi connectivity index (χ2n) is 5.47. The fourth-order valence-corrected chi connectivity index (χ4v) is 2.89. The summed E-state index contributed by atoms with van der Waals surface area (Å²) in [6.07, 6.45) is 1.93. The highest BCUT2D eigenvalue weighted by Gasteiger charge is 2.16. The number of hydrogen-bond acceptors (Lipinski definition) is 3. The molecule has 2 aromatic carbocycles. The lowest BCUT2D eigenvalue weighted by Crippen LogP contribution is -2.25. The van der Waals surface area contributed by atoms with Crippen molar-refractivity contribution in [1.82, 2.24) is 14.5 Å². The number of carbonyl (C=O) groups excluding carboxylic acids is 1. The molecule has 0 aliphatic heterocycles. The van der Waals surface area contributed by atoms with Gasteiger partial charge in [-0.05, 0) is 29.8 Å². The molecule has 0 bridgehead atoms. The molecule has 0 spiro atoms. The number of para-hydroxylation sites is 1. The van der Waals surface area contributed by atoms with Crippen LogP contribution in [0, 0.1) is 0 Å². The van der Waals surface area contributed by atoms with Crippen molar-refractivity contribution in [2.75, 3.05) is 5.73 Å². The van der Waals surface area contributed by atoms with E-state index in [1.54, 1.807) is 24.4 Å². The topological polar surface area (TPSA) is 96.7 Å². The summed E-state index contributed by atoms with van der Waals surface area (Å²) in [5.74, 6) is -0.295. The zero-order valence-electron chi connectivity index (χ0n) is 12.2. The summed E-state index contributed by atoms with van der Waals surface area (Å²) in [6.45, 7) is 0. The van der Waals surface area contributed by atoms with Crippen LogP contribution in [0.15, 0.2) is 53.5 Å². The number of nitrogens with one attached hydrogen (secondary N) is 2. The van der Waals surface area contributed by atoms with E-state index >= 15 is 0 Å². The first kappa shape index (κ1) is 13.4. The van der Waals surface area contributed by atoms with Crippen molar-refractivity contribution in [1.29, 1.82) is 0 Å². The van der Waals surface area contributed by atoms with Gasteiger partial charge in [-0.15, -0.1) is 0 Å². The molecule has 0 aliphatic carbocycles. The number of benzene rings is 2. The normalized spacial score (nSPS) is 11.3. The molecule has 0 unspecified atom stereocenters. The van der Waals surface area contributed by atoms with Gasteiger partial charge in [-0.1, -0.05) is 18.2 Å². The number of nitrogens with zero attached hydrogens (tertiary/aromatic N) is 1.